The summed E-state index contributed by atoms with van der Waals surface area (Å²) < 4.78 is 5.90. The third-order valence-electron chi connectivity index (χ3n) is 2.84. The first-order valence-corrected chi connectivity index (χ1v) is 8.09. The number of ether oxygens (including phenoxy) is 1. The molecule has 0 N–H and O–H groups in total. The molecular formula is C15H21NO2S2. The van der Waals surface area contributed by atoms with E-state index in [1.165, 1.54) is 11.8 Å². The molecule has 3 nitrogen and oxygen atoms in total. The molecule has 0 aliphatic heterocycles. The summed E-state index contributed by atoms with van der Waals surface area (Å²) in [7, 11) is 0. The van der Waals surface area contributed by atoms with Crippen LogP contribution in [-0.2, 0) is 9.53 Å². The maximum atomic E-state index is 12.2. The maximum Gasteiger partial charge on any atom is 0.324 e. The summed E-state index contributed by atoms with van der Waals surface area (Å²) in [6.45, 7) is 7.98. The van der Waals surface area contributed by atoms with Crippen molar-refractivity contribution in [3.8, 4) is 0 Å². The predicted octanol–water partition coefficient (Wildman–Crippen LogP) is 3.65. The van der Waals surface area contributed by atoms with Crippen molar-refractivity contribution in [2.24, 2.45) is 0 Å². The van der Waals surface area contributed by atoms with E-state index in [9.17, 15) is 4.79 Å². The van der Waals surface area contributed by atoms with Gasteiger partial charge < -0.3 is 9.64 Å². The fourth-order valence-electron chi connectivity index (χ4n) is 1.76. The van der Waals surface area contributed by atoms with Crippen molar-refractivity contribution in [1.29, 1.82) is 0 Å². The minimum Gasteiger partial charge on any atom is -0.465 e. The van der Waals surface area contributed by atoms with Crippen LogP contribution in [0, 0.1) is 0 Å². The number of carbonyl (C=O) groups excluding carboxylic acids is 1. The van der Waals surface area contributed by atoms with Gasteiger partial charge in [-0.3, -0.25) is 4.79 Å². The number of esters is 1. The molecule has 0 radical (unpaired) electrons. The van der Waals surface area contributed by atoms with Gasteiger partial charge in [-0.15, -0.1) is 0 Å². The molecule has 0 aliphatic carbocycles. The van der Waals surface area contributed by atoms with Crippen molar-refractivity contribution >= 4 is 34.3 Å². The summed E-state index contributed by atoms with van der Waals surface area (Å²) in [5.74, 6) is -0.238. The van der Waals surface area contributed by atoms with Crippen LogP contribution >= 0.6 is 24.0 Å². The molecule has 0 saturated heterocycles. The van der Waals surface area contributed by atoms with Crippen LogP contribution in [0.2, 0.25) is 0 Å². The van der Waals surface area contributed by atoms with Crippen molar-refractivity contribution in [3.05, 3.63) is 35.9 Å². The summed E-state index contributed by atoms with van der Waals surface area (Å²) in [4.78, 5) is 14.2. The van der Waals surface area contributed by atoms with Gasteiger partial charge in [-0.1, -0.05) is 54.3 Å². The minimum absolute atomic E-state index is 0.238. The fourth-order valence-corrected chi connectivity index (χ4v) is 3.37. The van der Waals surface area contributed by atoms with E-state index >= 15 is 0 Å². The minimum atomic E-state index is -0.399. The molecule has 5 heteroatoms. The number of carbonyl (C=O) groups is 1. The lowest BCUT2D eigenvalue weighted by atomic mass is 10.1. The number of rotatable bonds is 6. The Morgan fingerprint density at radius 3 is 2.35 bits per heavy atom. The Labute approximate surface area is 130 Å². The van der Waals surface area contributed by atoms with Crippen LogP contribution < -0.4 is 0 Å². The lowest BCUT2D eigenvalue weighted by molar-refractivity contribution is -0.142. The van der Waals surface area contributed by atoms with Crippen LogP contribution in [0.1, 0.15) is 31.6 Å². The van der Waals surface area contributed by atoms with Gasteiger partial charge in [0.05, 0.1) is 6.61 Å². The molecule has 1 rings (SSSR count). The zero-order chi connectivity index (χ0) is 15.0. The van der Waals surface area contributed by atoms with E-state index in [0.717, 1.165) is 23.0 Å². The Morgan fingerprint density at radius 1 is 1.25 bits per heavy atom. The van der Waals surface area contributed by atoms with Crippen molar-refractivity contribution < 1.29 is 9.53 Å². The lowest BCUT2D eigenvalue weighted by Gasteiger charge is -2.24. The van der Waals surface area contributed by atoms with Gasteiger partial charge in [0.2, 0.25) is 0 Å². The molecule has 1 unspecified atom stereocenters. The normalized spacial score (nSPS) is 11.8. The Bertz CT molecular complexity index is 433. The van der Waals surface area contributed by atoms with Gasteiger partial charge in [0.15, 0.2) is 0 Å². The standard InChI is InChI=1S/C15H21NO2S2/c1-4-16(5-2)15(19)20-13(14(17)18-6-3)12-10-8-7-9-11-12/h7-11,13H,4-6H2,1-3H3. The van der Waals surface area contributed by atoms with E-state index < -0.39 is 5.25 Å². The molecule has 0 heterocycles. The Hall–Kier alpha value is -1.07. The highest BCUT2D eigenvalue weighted by atomic mass is 32.2. The highest BCUT2D eigenvalue weighted by Gasteiger charge is 2.25. The monoisotopic (exact) mass is 311 g/mol. The zero-order valence-electron chi connectivity index (χ0n) is 12.2. The Kier molecular flexibility index (Phi) is 7.62. The second-order valence-corrected chi connectivity index (χ2v) is 5.84. The molecule has 0 amide bonds. The number of hydrogen-bond donors (Lipinski definition) is 0. The molecule has 0 fully saturated rings. The first-order valence-electron chi connectivity index (χ1n) is 6.81. The second-order valence-electron chi connectivity index (χ2n) is 4.10. The van der Waals surface area contributed by atoms with Crippen LogP contribution in [-0.4, -0.2) is 34.9 Å². The average Bonchev–Trinajstić information content (AvgIpc) is 2.47. The second kappa shape index (κ2) is 8.97. The van der Waals surface area contributed by atoms with Gasteiger partial charge in [0.25, 0.3) is 0 Å². The molecule has 0 aromatic heterocycles. The summed E-state index contributed by atoms with van der Waals surface area (Å²) in [5.41, 5.74) is 0.922. The van der Waals surface area contributed by atoms with Crippen LogP contribution in [0.3, 0.4) is 0 Å². The summed E-state index contributed by atoms with van der Waals surface area (Å²) in [6.07, 6.45) is 0. The van der Waals surface area contributed by atoms with E-state index in [-0.39, 0.29) is 5.97 Å². The molecule has 0 bridgehead atoms. The number of hydrogen-bond acceptors (Lipinski definition) is 4. The SMILES string of the molecule is CCOC(=O)C(SC(=S)N(CC)CC)c1ccccc1. The molecule has 110 valence electrons. The molecule has 20 heavy (non-hydrogen) atoms. The van der Waals surface area contributed by atoms with Crippen LogP contribution in [0.25, 0.3) is 0 Å². The van der Waals surface area contributed by atoms with Gasteiger partial charge in [-0.05, 0) is 26.3 Å². The quantitative estimate of drug-likeness (QED) is 0.591. The number of nitrogens with zero attached hydrogens (tertiary/aromatic N) is 1. The van der Waals surface area contributed by atoms with E-state index in [1.807, 2.05) is 37.3 Å². The summed E-state index contributed by atoms with van der Waals surface area (Å²) >= 11 is 6.82. The predicted molar refractivity (Wildman–Crippen MR) is 88.9 cm³/mol. The average molecular weight is 311 g/mol. The Morgan fingerprint density at radius 2 is 1.85 bits per heavy atom. The van der Waals surface area contributed by atoms with Gasteiger partial charge in [-0.25, -0.2) is 0 Å². The lowest BCUT2D eigenvalue weighted by Crippen LogP contribution is -2.28. The van der Waals surface area contributed by atoms with E-state index in [2.05, 4.69) is 18.7 Å². The first kappa shape index (κ1) is 17.0. The molecule has 0 spiro atoms. The van der Waals surface area contributed by atoms with Crippen LogP contribution in [0.4, 0.5) is 0 Å². The third kappa shape index (κ3) is 4.80. The van der Waals surface area contributed by atoms with Gasteiger partial charge in [-0.2, -0.15) is 0 Å². The largest absolute Gasteiger partial charge is 0.465 e. The van der Waals surface area contributed by atoms with Gasteiger partial charge >= 0.3 is 5.97 Å². The molecule has 1 atom stereocenters. The summed E-state index contributed by atoms with van der Waals surface area (Å²) in [5, 5.41) is -0.399. The van der Waals surface area contributed by atoms with Crippen molar-refractivity contribution in [1.82, 2.24) is 4.90 Å². The molecule has 1 aromatic rings. The number of benzene rings is 1. The van der Waals surface area contributed by atoms with Crippen molar-refractivity contribution in [2.45, 2.75) is 26.0 Å². The smallest absolute Gasteiger partial charge is 0.324 e. The number of thioether (sulfide) groups is 1. The molecule has 1 aromatic carbocycles. The van der Waals surface area contributed by atoms with Gasteiger partial charge in [0.1, 0.15) is 9.57 Å². The molecule has 0 aliphatic rings. The maximum absolute atomic E-state index is 12.2. The topological polar surface area (TPSA) is 29.5 Å². The molecular weight excluding hydrogens is 290 g/mol. The van der Waals surface area contributed by atoms with Crippen molar-refractivity contribution in [2.75, 3.05) is 19.7 Å². The highest BCUT2D eigenvalue weighted by Crippen LogP contribution is 2.32. The zero-order valence-corrected chi connectivity index (χ0v) is 13.8. The fraction of sp³-hybridized carbons (Fsp3) is 0.467. The van der Waals surface area contributed by atoms with Gasteiger partial charge in [0, 0.05) is 13.1 Å². The highest BCUT2D eigenvalue weighted by molar-refractivity contribution is 8.23. The van der Waals surface area contributed by atoms with Crippen LogP contribution in [0.5, 0.6) is 0 Å². The number of thiocarbonyl (C=S) groups is 1. The van der Waals surface area contributed by atoms with Crippen molar-refractivity contribution in [3.63, 3.8) is 0 Å². The van der Waals surface area contributed by atoms with E-state index in [1.54, 1.807) is 0 Å². The third-order valence-corrected chi connectivity index (χ3v) is 4.55. The first-order chi connectivity index (χ1) is 9.63. The van der Waals surface area contributed by atoms with Crippen LogP contribution in [0.15, 0.2) is 30.3 Å². The molecule has 0 saturated carbocycles. The van der Waals surface area contributed by atoms with E-state index in [0.29, 0.717) is 6.61 Å². The van der Waals surface area contributed by atoms with E-state index in [4.69, 9.17) is 17.0 Å². The Balaban J connectivity index is 2.89. The summed E-state index contributed by atoms with van der Waals surface area (Å²) in [6, 6.07) is 9.63.